The van der Waals surface area contributed by atoms with Crippen molar-refractivity contribution in [2.45, 2.75) is 88.3 Å². The van der Waals surface area contributed by atoms with E-state index in [0.717, 1.165) is 16.8 Å². The molecule has 4 heterocycles. The quantitative estimate of drug-likeness (QED) is 0.242. The summed E-state index contributed by atoms with van der Waals surface area (Å²) in [7, 11) is -4.11. The van der Waals surface area contributed by atoms with E-state index in [2.05, 4.69) is 10.6 Å². The summed E-state index contributed by atoms with van der Waals surface area (Å²) in [6, 6.07) is 12.8. The first kappa shape index (κ1) is 37.9. The number of carbonyl (C=O) groups excluding carboxylic acids is 3. The summed E-state index contributed by atoms with van der Waals surface area (Å²) in [6.45, 7) is 5.50. The molecule has 3 fully saturated rings. The van der Waals surface area contributed by atoms with E-state index in [9.17, 15) is 31.6 Å². The fourth-order valence-electron chi connectivity index (χ4n) is 7.34. The molecule has 5 atom stereocenters. The molecule has 8 rings (SSSR count). The maximum Gasteiger partial charge on any atom is 0.259 e. The van der Waals surface area contributed by atoms with Crippen molar-refractivity contribution in [3.8, 4) is 17.1 Å². The van der Waals surface area contributed by atoms with Gasteiger partial charge in [0.2, 0.25) is 34.1 Å². The molecule has 0 unspecified atom stereocenters. The Hall–Kier alpha value is -5.03. The number of alkyl halides is 2. The van der Waals surface area contributed by atoms with Crippen molar-refractivity contribution in [2.75, 3.05) is 11.9 Å². The first-order valence-electron chi connectivity index (χ1n) is 18.5. The van der Waals surface area contributed by atoms with Crippen LogP contribution >= 0.6 is 11.3 Å². The van der Waals surface area contributed by atoms with Gasteiger partial charge in [-0.2, -0.15) is 0 Å². The molecule has 1 saturated heterocycles. The molecule has 3 N–H and O–H groups in total. The molecule has 6 bridgehead atoms. The van der Waals surface area contributed by atoms with Gasteiger partial charge in [-0.3, -0.25) is 19.1 Å². The number of sulfonamides is 1. The van der Waals surface area contributed by atoms with Gasteiger partial charge < -0.3 is 20.3 Å². The van der Waals surface area contributed by atoms with Crippen molar-refractivity contribution in [3.63, 3.8) is 0 Å². The highest BCUT2D eigenvalue weighted by molar-refractivity contribution is 7.91. The number of para-hydroxylation sites is 2. The summed E-state index contributed by atoms with van der Waals surface area (Å²) in [5.41, 5.74) is 1.15. The van der Waals surface area contributed by atoms with Crippen molar-refractivity contribution in [1.82, 2.24) is 29.9 Å². The summed E-state index contributed by atoms with van der Waals surface area (Å²) in [4.78, 5) is 58.4. The monoisotopic (exact) mass is 805 g/mol. The molecule has 4 aliphatic rings. The number of benzene rings is 2. The molecule has 17 heteroatoms. The Labute approximate surface area is 326 Å². The summed E-state index contributed by atoms with van der Waals surface area (Å²) in [6.07, 6.45) is 0.787. The topological polar surface area (TPSA) is 173 Å². The minimum atomic E-state index is -4.11. The second-order valence-electron chi connectivity index (χ2n) is 15.9. The van der Waals surface area contributed by atoms with Crippen LogP contribution in [0.15, 0.2) is 60.0 Å². The number of nitrogens with zero attached hydrogens (tertiary/aromatic N) is 4. The van der Waals surface area contributed by atoms with Gasteiger partial charge >= 0.3 is 0 Å². The maximum absolute atomic E-state index is 14.8. The number of nitrogens with one attached hydrogen (secondary N) is 3. The smallest absolute Gasteiger partial charge is 0.259 e. The molecule has 2 saturated carbocycles. The molecule has 0 spiro atoms. The number of allylic oxidation sites excluding steroid dienone is 1. The van der Waals surface area contributed by atoms with Gasteiger partial charge in [0.05, 0.1) is 34.4 Å². The SMILES string of the molecule is CC(C)(C)[C@@H]1Nc2nc(cs2)C/C=C/c2cccc(c2)-c2nc3ccccc3nc2O[C@@H]2C[C@@H](C(=O)N[C@]3(C(=O)NS(=O)(=O)C4CC4)C[C@H]3C(F)F)N(C2)C1=O. The van der Waals surface area contributed by atoms with E-state index in [1.54, 1.807) is 6.07 Å². The van der Waals surface area contributed by atoms with Gasteiger partial charge in [-0.15, -0.1) is 11.3 Å². The average Bonchev–Trinajstić information content (AvgIpc) is 4.05. The molecule has 2 aliphatic heterocycles. The molecule has 56 heavy (non-hydrogen) atoms. The number of aromatic nitrogens is 3. The molecule has 2 aromatic carbocycles. The average molecular weight is 806 g/mol. The Bertz CT molecular complexity index is 2360. The van der Waals surface area contributed by atoms with Gasteiger partial charge in [-0.1, -0.05) is 63.3 Å². The number of ether oxygens (including phenoxy) is 1. The molecule has 294 valence electrons. The Morgan fingerprint density at radius 3 is 2.52 bits per heavy atom. The second kappa shape index (κ2) is 14.2. The highest BCUT2D eigenvalue weighted by Crippen LogP contribution is 2.48. The number of halogens is 2. The van der Waals surface area contributed by atoms with Gasteiger partial charge in [0.1, 0.15) is 29.4 Å². The Kier molecular flexibility index (Phi) is 9.58. The van der Waals surface area contributed by atoms with Crippen LogP contribution in [-0.4, -0.2) is 87.9 Å². The lowest BCUT2D eigenvalue weighted by atomic mass is 9.85. The van der Waals surface area contributed by atoms with Gasteiger partial charge in [0, 0.05) is 23.8 Å². The van der Waals surface area contributed by atoms with Crippen molar-refractivity contribution in [1.29, 1.82) is 0 Å². The number of amides is 3. The zero-order valence-electron chi connectivity index (χ0n) is 30.9. The molecule has 0 radical (unpaired) electrons. The Balaban J connectivity index is 1.19. The summed E-state index contributed by atoms with van der Waals surface area (Å²) in [5.74, 6) is -4.03. The number of hydrogen-bond acceptors (Lipinski definition) is 11. The number of rotatable bonds is 6. The lowest BCUT2D eigenvalue weighted by Crippen LogP contribution is -2.59. The lowest BCUT2D eigenvalue weighted by molar-refractivity contribution is -0.141. The molecule has 4 aromatic rings. The van der Waals surface area contributed by atoms with E-state index >= 15 is 0 Å². The molecule has 2 aromatic heterocycles. The minimum Gasteiger partial charge on any atom is -0.471 e. The first-order chi connectivity index (χ1) is 26.6. The predicted molar refractivity (Wildman–Crippen MR) is 206 cm³/mol. The van der Waals surface area contributed by atoms with Crippen LogP contribution in [0.2, 0.25) is 0 Å². The zero-order chi connectivity index (χ0) is 39.6. The van der Waals surface area contributed by atoms with Crippen LogP contribution in [0.3, 0.4) is 0 Å². The minimum absolute atomic E-state index is 0.0933. The van der Waals surface area contributed by atoms with E-state index < -0.39 is 80.9 Å². The third kappa shape index (κ3) is 7.45. The highest BCUT2D eigenvalue weighted by Gasteiger charge is 2.67. The van der Waals surface area contributed by atoms with Crippen LogP contribution < -0.4 is 20.1 Å². The Morgan fingerprint density at radius 2 is 1.82 bits per heavy atom. The van der Waals surface area contributed by atoms with Gasteiger partial charge in [-0.25, -0.2) is 32.2 Å². The zero-order valence-corrected chi connectivity index (χ0v) is 32.5. The summed E-state index contributed by atoms with van der Waals surface area (Å²) >= 11 is 1.34. The van der Waals surface area contributed by atoms with E-state index in [1.807, 2.05) is 85.5 Å². The highest BCUT2D eigenvalue weighted by atomic mass is 32.2. The molecular weight excluding hydrogens is 765 g/mol. The van der Waals surface area contributed by atoms with Crippen LogP contribution in [0, 0.1) is 11.3 Å². The largest absolute Gasteiger partial charge is 0.471 e. The summed E-state index contributed by atoms with van der Waals surface area (Å²) in [5, 5.41) is 7.39. The predicted octanol–water partition coefficient (Wildman–Crippen LogP) is 4.95. The standard InChI is InChI=1S/C39H41F2N7O6S2/c1-38(2,3)31-35(50)48-19-24(17-29(48)33(49)46-39(18-26(39)32(40)41)36(51)47-56(52,53)25-14-15-25)54-34-30(43-27-12-4-5-13-28(27)44-34)22-10-6-8-21(16-22)9-7-11-23-20-55-37(42-23)45-31/h4-10,12-13,16,20,24-26,29,31-32H,11,14-15,17-19H2,1-3H3,(H,42,45)(H,46,49)(H,47,51)/b9-7+/t24-,26+,29+,31-,39-/m1/s1. The first-order valence-corrected chi connectivity index (χ1v) is 20.9. The summed E-state index contributed by atoms with van der Waals surface area (Å²) < 4.78 is 62.3. The fourth-order valence-corrected chi connectivity index (χ4v) is 9.45. The van der Waals surface area contributed by atoms with Crippen LogP contribution in [-0.2, 0) is 30.8 Å². The molecular formula is C39H41F2N7O6S2. The van der Waals surface area contributed by atoms with E-state index in [1.165, 1.54) is 16.2 Å². The number of anilines is 1. The number of thiazole rings is 1. The normalized spacial score (nSPS) is 25.7. The number of carbonyl (C=O) groups is 3. The number of fused-ring (bicyclic) bond motifs is 9. The maximum atomic E-state index is 14.8. The van der Waals surface area contributed by atoms with Crippen LogP contribution in [0.25, 0.3) is 28.4 Å². The van der Waals surface area contributed by atoms with E-state index in [4.69, 9.17) is 19.7 Å². The van der Waals surface area contributed by atoms with Crippen LogP contribution in [0.4, 0.5) is 13.9 Å². The second-order valence-corrected chi connectivity index (χ2v) is 18.8. The number of hydrogen-bond donors (Lipinski definition) is 3. The molecule has 3 amide bonds. The molecule has 13 nitrogen and oxygen atoms in total. The molecule has 2 aliphatic carbocycles. The third-order valence-corrected chi connectivity index (χ3v) is 13.3. The van der Waals surface area contributed by atoms with Crippen LogP contribution in [0.5, 0.6) is 5.88 Å². The third-order valence-electron chi connectivity index (χ3n) is 10.7. The lowest BCUT2D eigenvalue weighted by Gasteiger charge is -2.35. The van der Waals surface area contributed by atoms with Gasteiger partial charge in [0.15, 0.2) is 5.13 Å². The fraction of sp³-hybridized carbons (Fsp3) is 0.436. The van der Waals surface area contributed by atoms with E-state index in [-0.39, 0.29) is 18.8 Å². The Morgan fingerprint density at radius 1 is 1.07 bits per heavy atom. The van der Waals surface area contributed by atoms with Gasteiger partial charge in [-0.05, 0) is 48.4 Å². The van der Waals surface area contributed by atoms with E-state index in [0.29, 0.717) is 41.1 Å². The van der Waals surface area contributed by atoms with Crippen LogP contribution in [0.1, 0.15) is 57.7 Å². The van der Waals surface area contributed by atoms with Crippen molar-refractivity contribution < 1.29 is 36.3 Å². The van der Waals surface area contributed by atoms with Crippen molar-refractivity contribution >= 4 is 61.3 Å². The van der Waals surface area contributed by atoms with Crippen molar-refractivity contribution in [2.24, 2.45) is 11.3 Å². The van der Waals surface area contributed by atoms with Gasteiger partial charge in [0.25, 0.3) is 5.91 Å². The van der Waals surface area contributed by atoms with Crippen molar-refractivity contribution in [3.05, 3.63) is 71.2 Å².